The summed E-state index contributed by atoms with van der Waals surface area (Å²) in [6.45, 7) is 5.94. The standard InChI is InChI=1S/C15H22O3/c1-9-7-14(2)8-15(17-5-6-18-15)12(9)10-3-4-11(16)13(10)14/h7,10-13,16H,3-6,8H2,1-2H3/t10-,11?,12+,13+,14+/m1/s1. The van der Waals surface area contributed by atoms with Crippen molar-refractivity contribution in [3.8, 4) is 0 Å². The minimum atomic E-state index is -0.376. The molecule has 1 N–H and O–H groups in total. The molecule has 5 aliphatic rings. The van der Waals surface area contributed by atoms with Crippen LogP contribution in [-0.4, -0.2) is 30.2 Å². The summed E-state index contributed by atoms with van der Waals surface area (Å²) < 4.78 is 12.1. The van der Waals surface area contributed by atoms with Crippen LogP contribution in [0.2, 0.25) is 0 Å². The molecule has 1 aliphatic heterocycles. The first-order chi connectivity index (χ1) is 8.56. The molecule has 1 unspecified atom stereocenters. The van der Waals surface area contributed by atoms with E-state index < -0.39 is 0 Å². The number of rotatable bonds is 0. The van der Waals surface area contributed by atoms with Crippen LogP contribution in [0.4, 0.5) is 0 Å². The van der Waals surface area contributed by atoms with Crippen LogP contribution in [0.3, 0.4) is 0 Å². The first-order valence-corrected chi connectivity index (χ1v) is 7.21. The van der Waals surface area contributed by atoms with Gasteiger partial charge in [0, 0.05) is 12.3 Å². The van der Waals surface area contributed by atoms with Crippen molar-refractivity contribution >= 4 is 0 Å². The molecule has 5 atom stereocenters. The minimum Gasteiger partial charge on any atom is -0.393 e. The predicted octanol–water partition coefficient (Wildman–Crippen LogP) is 2.10. The third kappa shape index (κ3) is 1.21. The first-order valence-electron chi connectivity index (χ1n) is 7.21. The highest BCUT2D eigenvalue weighted by molar-refractivity contribution is 5.29. The SMILES string of the molecule is CC1=C[C@@]2(C)CC3(OCCO3)[C@@H]1[C@H]1CCC(O)[C@H]12. The number of hydrogen-bond donors (Lipinski definition) is 1. The highest BCUT2D eigenvalue weighted by Gasteiger charge is 2.66. The second-order valence-electron chi connectivity index (χ2n) is 6.89. The zero-order chi connectivity index (χ0) is 12.5. The van der Waals surface area contributed by atoms with Crippen molar-refractivity contribution in [1.29, 1.82) is 0 Å². The normalized spacial score (nSPS) is 52.7. The average molecular weight is 250 g/mol. The van der Waals surface area contributed by atoms with E-state index in [-0.39, 0.29) is 17.3 Å². The van der Waals surface area contributed by atoms with Crippen molar-refractivity contribution in [2.45, 2.75) is 45.0 Å². The molecular weight excluding hydrogens is 228 g/mol. The predicted molar refractivity (Wildman–Crippen MR) is 66.8 cm³/mol. The van der Waals surface area contributed by atoms with Crippen molar-refractivity contribution < 1.29 is 14.6 Å². The van der Waals surface area contributed by atoms with Gasteiger partial charge in [0.2, 0.25) is 0 Å². The molecular formula is C15H22O3. The Hall–Kier alpha value is -0.380. The molecule has 2 saturated carbocycles. The van der Waals surface area contributed by atoms with E-state index in [9.17, 15) is 5.11 Å². The number of aliphatic hydroxyl groups excluding tert-OH is 1. The van der Waals surface area contributed by atoms with E-state index >= 15 is 0 Å². The van der Waals surface area contributed by atoms with Crippen molar-refractivity contribution in [1.82, 2.24) is 0 Å². The number of hydrogen-bond acceptors (Lipinski definition) is 3. The van der Waals surface area contributed by atoms with Crippen LogP contribution < -0.4 is 0 Å². The van der Waals surface area contributed by atoms with Gasteiger partial charge in [0.1, 0.15) is 0 Å². The maximum Gasteiger partial charge on any atom is 0.176 e. The largest absolute Gasteiger partial charge is 0.393 e. The first kappa shape index (κ1) is 11.4. The van der Waals surface area contributed by atoms with Crippen molar-refractivity contribution in [2.24, 2.45) is 23.2 Å². The molecule has 0 radical (unpaired) electrons. The summed E-state index contributed by atoms with van der Waals surface area (Å²) in [7, 11) is 0. The fourth-order valence-electron chi connectivity index (χ4n) is 5.59. The van der Waals surface area contributed by atoms with Crippen LogP contribution in [-0.2, 0) is 9.47 Å². The molecule has 3 fully saturated rings. The fourth-order valence-corrected chi connectivity index (χ4v) is 5.59. The van der Waals surface area contributed by atoms with E-state index in [4.69, 9.17) is 9.47 Å². The summed E-state index contributed by atoms with van der Waals surface area (Å²) in [5.41, 5.74) is 1.46. The molecule has 0 aromatic heterocycles. The van der Waals surface area contributed by atoms with Gasteiger partial charge in [-0.1, -0.05) is 18.6 Å². The van der Waals surface area contributed by atoms with Gasteiger partial charge in [-0.25, -0.2) is 0 Å². The van der Waals surface area contributed by atoms with Gasteiger partial charge in [-0.3, -0.25) is 0 Å². The molecule has 100 valence electrons. The molecule has 1 spiro atoms. The number of aliphatic hydroxyl groups is 1. The van der Waals surface area contributed by atoms with E-state index in [1.165, 1.54) is 5.57 Å². The Labute approximate surface area is 108 Å². The summed E-state index contributed by atoms with van der Waals surface area (Å²) in [6.07, 6.45) is 5.24. The van der Waals surface area contributed by atoms with Crippen LogP contribution in [0.25, 0.3) is 0 Å². The van der Waals surface area contributed by atoms with Gasteiger partial charge in [0.15, 0.2) is 5.79 Å². The molecule has 3 nitrogen and oxygen atoms in total. The Morgan fingerprint density at radius 3 is 2.72 bits per heavy atom. The van der Waals surface area contributed by atoms with E-state index in [2.05, 4.69) is 19.9 Å². The quantitative estimate of drug-likeness (QED) is 0.669. The molecule has 3 heteroatoms. The van der Waals surface area contributed by atoms with Crippen molar-refractivity contribution in [3.05, 3.63) is 11.6 Å². The second kappa shape index (κ2) is 3.38. The van der Waals surface area contributed by atoms with Crippen LogP contribution in [0.15, 0.2) is 11.6 Å². The Bertz CT molecular complexity index is 410. The second-order valence-corrected chi connectivity index (χ2v) is 6.89. The maximum atomic E-state index is 10.3. The minimum absolute atomic E-state index is 0.0454. The van der Waals surface area contributed by atoms with Gasteiger partial charge in [-0.05, 0) is 37.0 Å². The lowest BCUT2D eigenvalue weighted by Gasteiger charge is -2.58. The number of allylic oxidation sites excluding steroid dienone is 1. The van der Waals surface area contributed by atoms with Gasteiger partial charge in [0.25, 0.3) is 0 Å². The van der Waals surface area contributed by atoms with Crippen molar-refractivity contribution in [2.75, 3.05) is 13.2 Å². The Morgan fingerprint density at radius 2 is 2.00 bits per heavy atom. The van der Waals surface area contributed by atoms with Gasteiger partial charge < -0.3 is 14.6 Å². The Balaban J connectivity index is 1.84. The molecule has 5 rings (SSSR count). The monoisotopic (exact) mass is 250 g/mol. The Morgan fingerprint density at radius 1 is 1.28 bits per heavy atom. The van der Waals surface area contributed by atoms with Gasteiger partial charge in [0.05, 0.1) is 19.3 Å². The van der Waals surface area contributed by atoms with E-state index in [0.717, 1.165) is 32.5 Å². The molecule has 1 saturated heterocycles. The zero-order valence-electron chi connectivity index (χ0n) is 11.2. The lowest BCUT2D eigenvalue weighted by atomic mass is 9.51. The molecule has 0 aromatic rings. The van der Waals surface area contributed by atoms with E-state index in [1.807, 2.05) is 0 Å². The summed E-state index contributed by atoms with van der Waals surface area (Å²) in [5.74, 6) is 0.939. The topological polar surface area (TPSA) is 38.7 Å². The molecule has 2 bridgehead atoms. The van der Waals surface area contributed by atoms with Crippen molar-refractivity contribution in [3.63, 3.8) is 0 Å². The van der Waals surface area contributed by atoms with Crippen LogP contribution in [0.1, 0.15) is 33.1 Å². The molecule has 4 aliphatic carbocycles. The molecule has 1 heterocycles. The molecule has 0 aromatic carbocycles. The van der Waals surface area contributed by atoms with Crippen LogP contribution in [0.5, 0.6) is 0 Å². The lowest BCUT2D eigenvalue weighted by Crippen LogP contribution is -2.60. The van der Waals surface area contributed by atoms with E-state index in [0.29, 0.717) is 17.8 Å². The third-order valence-corrected chi connectivity index (χ3v) is 5.79. The Kier molecular flexibility index (Phi) is 2.15. The molecule has 0 amide bonds. The third-order valence-electron chi connectivity index (χ3n) is 5.79. The summed E-state index contributed by atoms with van der Waals surface area (Å²) in [4.78, 5) is 0. The lowest BCUT2D eigenvalue weighted by molar-refractivity contribution is -0.255. The van der Waals surface area contributed by atoms with Crippen LogP contribution in [0, 0.1) is 23.2 Å². The summed E-state index contributed by atoms with van der Waals surface area (Å²) >= 11 is 0. The molecule has 18 heavy (non-hydrogen) atoms. The highest BCUT2D eigenvalue weighted by Crippen LogP contribution is 2.65. The van der Waals surface area contributed by atoms with Gasteiger partial charge in [-0.15, -0.1) is 0 Å². The smallest absolute Gasteiger partial charge is 0.176 e. The zero-order valence-corrected chi connectivity index (χ0v) is 11.2. The van der Waals surface area contributed by atoms with Crippen LogP contribution >= 0.6 is 0 Å². The fraction of sp³-hybridized carbons (Fsp3) is 0.867. The highest BCUT2D eigenvalue weighted by atomic mass is 16.7. The van der Waals surface area contributed by atoms with Gasteiger partial charge >= 0.3 is 0 Å². The maximum absolute atomic E-state index is 10.3. The van der Waals surface area contributed by atoms with E-state index in [1.54, 1.807) is 0 Å². The summed E-state index contributed by atoms with van der Waals surface area (Å²) in [5, 5.41) is 10.3. The number of ether oxygens (including phenoxy) is 2. The van der Waals surface area contributed by atoms with Gasteiger partial charge in [-0.2, -0.15) is 0 Å². The average Bonchev–Trinajstić information content (AvgIpc) is 2.86. The summed E-state index contributed by atoms with van der Waals surface area (Å²) in [6, 6.07) is 0.